The maximum atomic E-state index is 5.90. The van der Waals surface area contributed by atoms with Crippen molar-refractivity contribution in [1.82, 2.24) is 10.2 Å². The van der Waals surface area contributed by atoms with Gasteiger partial charge in [0.05, 0.1) is 4.34 Å². The summed E-state index contributed by atoms with van der Waals surface area (Å²) in [6.45, 7) is 4.85. The Morgan fingerprint density at radius 1 is 1.44 bits per heavy atom. The Balaban J connectivity index is 1.59. The molecule has 1 N–H and O–H groups in total. The van der Waals surface area contributed by atoms with Gasteiger partial charge in [0.15, 0.2) is 0 Å². The minimum Gasteiger partial charge on any atom is -0.381 e. The molecule has 0 amide bonds. The topological polar surface area (TPSA) is 24.5 Å². The summed E-state index contributed by atoms with van der Waals surface area (Å²) in [7, 11) is 2.21. The fraction of sp³-hybridized carbons (Fsp3) is 0.692. The highest BCUT2D eigenvalue weighted by molar-refractivity contribution is 7.16. The number of nitrogens with one attached hydrogen (secondary N) is 1. The van der Waals surface area contributed by atoms with Crippen LogP contribution in [0.2, 0.25) is 4.34 Å². The predicted octanol–water partition coefficient (Wildman–Crippen LogP) is 2.60. The summed E-state index contributed by atoms with van der Waals surface area (Å²) in [5.41, 5.74) is 0. The molecule has 0 aromatic carbocycles. The van der Waals surface area contributed by atoms with Crippen LogP contribution in [-0.2, 0) is 11.3 Å². The van der Waals surface area contributed by atoms with Crippen LogP contribution in [0.25, 0.3) is 0 Å². The van der Waals surface area contributed by atoms with Gasteiger partial charge in [0.1, 0.15) is 0 Å². The van der Waals surface area contributed by atoms with Gasteiger partial charge in [-0.25, -0.2) is 0 Å². The number of hydrogen-bond donors (Lipinski definition) is 1. The van der Waals surface area contributed by atoms with Crippen molar-refractivity contribution in [2.75, 3.05) is 33.4 Å². The molecule has 1 aliphatic heterocycles. The Labute approximate surface area is 118 Å². The predicted molar refractivity (Wildman–Crippen MR) is 77.5 cm³/mol. The van der Waals surface area contributed by atoms with Crippen molar-refractivity contribution >= 4 is 22.9 Å². The Hall–Kier alpha value is -0.130. The summed E-state index contributed by atoms with van der Waals surface area (Å²) in [5.74, 6) is 0. The lowest BCUT2D eigenvalue weighted by molar-refractivity contribution is 0.0434. The molecule has 0 radical (unpaired) electrons. The SMILES string of the molecule is CN(CCNCc1ccc(Cl)s1)C1CCOCC1. The van der Waals surface area contributed by atoms with Gasteiger partial charge in [0, 0.05) is 43.8 Å². The van der Waals surface area contributed by atoms with Crippen molar-refractivity contribution in [2.24, 2.45) is 0 Å². The zero-order chi connectivity index (χ0) is 12.8. The fourth-order valence-corrected chi connectivity index (χ4v) is 3.28. The van der Waals surface area contributed by atoms with Gasteiger partial charge in [0.25, 0.3) is 0 Å². The average Bonchev–Trinajstić information content (AvgIpc) is 2.81. The second-order valence-corrected chi connectivity index (χ2v) is 6.51. The lowest BCUT2D eigenvalue weighted by atomic mass is 10.1. The molecule has 1 aliphatic rings. The third-order valence-corrected chi connectivity index (χ3v) is 4.61. The summed E-state index contributed by atoms with van der Waals surface area (Å²) >= 11 is 7.54. The fourth-order valence-electron chi connectivity index (χ4n) is 2.22. The maximum Gasteiger partial charge on any atom is 0.0931 e. The molecule has 0 atom stereocenters. The zero-order valence-corrected chi connectivity index (χ0v) is 12.4. The van der Waals surface area contributed by atoms with Gasteiger partial charge in [0.2, 0.25) is 0 Å². The van der Waals surface area contributed by atoms with Gasteiger partial charge >= 0.3 is 0 Å². The highest BCUT2D eigenvalue weighted by Gasteiger charge is 2.17. The van der Waals surface area contributed by atoms with E-state index in [4.69, 9.17) is 16.3 Å². The van der Waals surface area contributed by atoms with Crippen LogP contribution in [0.15, 0.2) is 12.1 Å². The molecule has 102 valence electrons. The Kier molecular flexibility index (Phi) is 5.92. The zero-order valence-electron chi connectivity index (χ0n) is 10.8. The van der Waals surface area contributed by atoms with Crippen LogP contribution in [0.3, 0.4) is 0 Å². The molecule has 0 spiro atoms. The quantitative estimate of drug-likeness (QED) is 0.815. The van der Waals surface area contributed by atoms with Crippen molar-refractivity contribution in [2.45, 2.75) is 25.4 Å². The van der Waals surface area contributed by atoms with E-state index in [1.165, 1.54) is 4.88 Å². The second kappa shape index (κ2) is 7.46. The van der Waals surface area contributed by atoms with E-state index in [0.29, 0.717) is 6.04 Å². The molecule has 0 bridgehead atoms. The first-order valence-electron chi connectivity index (χ1n) is 6.48. The molecule has 1 fully saturated rings. The van der Waals surface area contributed by atoms with E-state index in [1.807, 2.05) is 6.07 Å². The van der Waals surface area contributed by atoms with E-state index in [0.717, 1.165) is 50.0 Å². The third-order valence-electron chi connectivity index (χ3n) is 3.38. The van der Waals surface area contributed by atoms with Crippen LogP contribution in [0.1, 0.15) is 17.7 Å². The summed E-state index contributed by atoms with van der Waals surface area (Å²) in [5, 5.41) is 3.46. The maximum absolute atomic E-state index is 5.90. The summed E-state index contributed by atoms with van der Waals surface area (Å²) < 4.78 is 6.25. The van der Waals surface area contributed by atoms with Crippen LogP contribution in [0.5, 0.6) is 0 Å². The van der Waals surface area contributed by atoms with Crippen molar-refractivity contribution in [3.8, 4) is 0 Å². The molecule has 2 heterocycles. The monoisotopic (exact) mass is 288 g/mol. The van der Waals surface area contributed by atoms with Crippen molar-refractivity contribution in [1.29, 1.82) is 0 Å². The second-order valence-electron chi connectivity index (χ2n) is 4.71. The number of nitrogens with zero attached hydrogens (tertiary/aromatic N) is 1. The van der Waals surface area contributed by atoms with E-state index in [-0.39, 0.29) is 0 Å². The largest absolute Gasteiger partial charge is 0.381 e. The van der Waals surface area contributed by atoms with E-state index in [9.17, 15) is 0 Å². The normalized spacial score (nSPS) is 17.5. The number of hydrogen-bond acceptors (Lipinski definition) is 4. The lowest BCUT2D eigenvalue weighted by Gasteiger charge is -2.31. The van der Waals surface area contributed by atoms with Gasteiger partial charge in [-0.15, -0.1) is 11.3 Å². The van der Waals surface area contributed by atoms with Gasteiger partial charge in [-0.3, -0.25) is 0 Å². The molecule has 18 heavy (non-hydrogen) atoms. The first-order valence-corrected chi connectivity index (χ1v) is 7.68. The standard InChI is InChI=1S/C13H21ClN2OS/c1-16(11-4-8-17-9-5-11)7-6-15-10-12-2-3-13(14)18-12/h2-3,11,15H,4-10H2,1H3. The molecule has 2 rings (SSSR count). The molecule has 0 unspecified atom stereocenters. The van der Waals surface area contributed by atoms with Crippen LogP contribution < -0.4 is 5.32 Å². The van der Waals surface area contributed by atoms with E-state index in [2.05, 4.69) is 23.3 Å². The minimum atomic E-state index is 0.691. The minimum absolute atomic E-state index is 0.691. The van der Waals surface area contributed by atoms with Crippen molar-refractivity contribution in [3.05, 3.63) is 21.3 Å². The molecule has 1 aromatic rings. The summed E-state index contributed by atoms with van der Waals surface area (Å²) in [6, 6.07) is 4.73. The smallest absolute Gasteiger partial charge is 0.0931 e. The molecule has 0 aliphatic carbocycles. The highest BCUT2D eigenvalue weighted by Crippen LogP contribution is 2.20. The number of ether oxygens (including phenoxy) is 1. The molecule has 5 heteroatoms. The van der Waals surface area contributed by atoms with Crippen LogP contribution in [0, 0.1) is 0 Å². The van der Waals surface area contributed by atoms with Gasteiger partial charge in [-0.05, 0) is 32.0 Å². The number of thiophene rings is 1. The first-order chi connectivity index (χ1) is 8.75. The van der Waals surface area contributed by atoms with Gasteiger partial charge in [-0.2, -0.15) is 0 Å². The number of rotatable bonds is 6. The highest BCUT2D eigenvalue weighted by atomic mass is 35.5. The molecule has 3 nitrogen and oxygen atoms in total. The first kappa shape index (κ1) is 14.3. The van der Waals surface area contributed by atoms with Crippen LogP contribution >= 0.6 is 22.9 Å². The van der Waals surface area contributed by atoms with E-state index in [1.54, 1.807) is 11.3 Å². The van der Waals surface area contributed by atoms with Crippen molar-refractivity contribution < 1.29 is 4.74 Å². The Morgan fingerprint density at radius 2 is 2.22 bits per heavy atom. The van der Waals surface area contributed by atoms with Crippen molar-refractivity contribution in [3.63, 3.8) is 0 Å². The third kappa shape index (κ3) is 4.52. The molecule has 1 saturated heterocycles. The molecule has 0 saturated carbocycles. The average molecular weight is 289 g/mol. The van der Waals surface area contributed by atoms with Crippen LogP contribution in [-0.4, -0.2) is 44.3 Å². The lowest BCUT2D eigenvalue weighted by Crippen LogP contribution is -2.40. The molecular weight excluding hydrogens is 268 g/mol. The van der Waals surface area contributed by atoms with Gasteiger partial charge < -0.3 is 15.0 Å². The Morgan fingerprint density at radius 3 is 2.89 bits per heavy atom. The van der Waals surface area contributed by atoms with E-state index >= 15 is 0 Å². The molecular formula is C13H21ClN2OS. The summed E-state index contributed by atoms with van der Waals surface area (Å²) in [4.78, 5) is 3.74. The number of likely N-dealkylation sites (N-methyl/N-ethyl adjacent to an activating group) is 1. The Bertz CT molecular complexity index is 353. The molecule has 1 aromatic heterocycles. The van der Waals surface area contributed by atoms with Gasteiger partial charge in [-0.1, -0.05) is 11.6 Å². The number of halogens is 1. The van der Waals surface area contributed by atoms with Crippen LogP contribution in [0.4, 0.5) is 0 Å². The summed E-state index contributed by atoms with van der Waals surface area (Å²) in [6.07, 6.45) is 2.33. The van der Waals surface area contributed by atoms with E-state index < -0.39 is 0 Å².